The molecule has 90 valence electrons. The molecule has 0 aliphatic rings. The molecule has 0 fully saturated rings. The predicted octanol–water partition coefficient (Wildman–Crippen LogP) is 2.34. The average molecular weight is 293 g/mol. The number of halogens is 3. The van der Waals surface area contributed by atoms with E-state index in [9.17, 15) is 0 Å². The van der Waals surface area contributed by atoms with Gasteiger partial charge in [0.05, 0.1) is 27.3 Å². The molecule has 1 aromatic carbocycles. The van der Waals surface area contributed by atoms with Crippen molar-refractivity contribution in [1.29, 1.82) is 0 Å². The molecule has 5 nitrogen and oxygen atoms in total. The van der Waals surface area contributed by atoms with E-state index in [1.165, 1.54) is 4.68 Å². The number of aromatic nitrogens is 4. The summed E-state index contributed by atoms with van der Waals surface area (Å²) < 4.78 is 1.51. The summed E-state index contributed by atoms with van der Waals surface area (Å²) in [6.07, 6.45) is 0. The van der Waals surface area contributed by atoms with Gasteiger partial charge in [0.25, 0.3) is 0 Å². The maximum Gasteiger partial charge on any atom is 0.170 e. The molecule has 2 rings (SSSR count). The molecule has 0 unspecified atom stereocenters. The molecule has 0 amide bonds. The molecule has 1 heterocycles. The Morgan fingerprint density at radius 1 is 1.18 bits per heavy atom. The summed E-state index contributed by atoms with van der Waals surface area (Å²) in [5, 5.41) is 15.5. The van der Waals surface area contributed by atoms with E-state index in [1.54, 1.807) is 19.2 Å². The maximum absolute atomic E-state index is 6.09. The van der Waals surface area contributed by atoms with Gasteiger partial charge in [-0.25, -0.2) is 0 Å². The van der Waals surface area contributed by atoms with Gasteiger partial charge in [-0.3, -0.25) is 0 Å². The fraction of sp³-hybridized carbons (Fsp3) is 0.222. The number of rotatable bonds is 3. The van der Waals surface area contributed by atoms with Crippen molar-refractivity contribution in [2.24, 2.45) is 0 Å². The normalized spacial score (nSPS) is 10.8. The van der Waals surface area contributed by atoms with Crippen molar-refractivity contribution >= 4 is 34.8 Å². The van der Waals surface area contributed by atoms with Crippen LogP contribution >= 0.6 is 34.8 Å². The van der Waals surface area contributed by atoms with Gasteiger partial charge in [0.15, 0.2) is 5.82 Å². The lowest BCUT2D eigenvalue weighted by Gasteiger charge is -2.07. The molecular weight excluding hydrogens is 284 g/mol. The Kier molecular flexibility index (Phi) is 3.83. The molecule has 17 heavy (non-hydrogen) atoms. The van der Waals surface area contributed by atoms with E-state index in [4.69, 9.17) is 34.8 Å². The summed E-state index contributed by atoms with van der Waals surface area (Å²) in [7, 11) is 1.80. The van der Waals surface area contributed by atoms with E-state index >= 15 is 0 Å². The third-order valence-electron chi connectivity index (χ3n) is 2.09. The lowest BCUT2D eigenvalue weighted by molar-refractivity contribution is 0.709. The number of hydrogen-bond donors (Lipinski definition) is 1. The molecule has 0 aliphatic heterocycles. The quantitative estimate of drug-likeness (QED) is 0.882. The highest BCUT2D eigenvalue weighted by Crippen LogP contribution is 2.31. The molecule has 0 atom stereocenters. The molecule has 0 bridgehead atoms. The zero-order chi connectivity index (χ0) is 12.4. The number of tetrazole rings is 1. The molecule has 2 aromatic rings. The maximum atomic E-state index is 6.09. The van der Waals surface area contributed by atoms with Crippen LogP contribution in [0.1, 0.15) is 5.82 Å². The van der Waals surface area contributed by atoms with Crippen LogP contribution in [0.15, 0.2) is 12.1 Å². The zero-order valence-electron chi connectivity index (χ0n) is 8.78. The van der Waals surface area contributed by atoms with Gasteiger partial charge < -0.3 is 5.32 Å². The van der Waals surface area contributed by atoms with Crippen LogP contribution in [-0.4, -0.2) is 27.3 Å². The first-order chi connectivity index (χ1) is 8.13. The van der Waals surface area contributed by atoms with Crippen molar-refractivity contribution in [3.8, 4) is 5.69 Å². The van der Waals surface area contributed by atoms with Crippen molar-refractivity contribution in [3.63, 3.8) is 0 Å². The molecule has 0 saturated heterocycles. The first-order valence-electron chi connectivity index (χ1n) is 4.70. The minimum atomic E-state index is 0.392. The third kappa shape index (κ3) is 2.52. The SMILES string of the molecule is CNCc1nnnn1-c1cc(Cl)c(Cl)cc1Cl. The van der Waals surface area contributed by atoms with Gasteiger partial charge in [0.2, 0.25) is 0 Å². The van der Waals surface area contributed by atoms with Crippen LogP contribution in [0.3, 0.4) is 0 Å². The Morgan fingerprint density at radius 3 is 2.59 bits per heavy atom. The van der Waals surface area contributed by atoms with Crippen LogP contribution in [-0.2, 0) is 6.54 Å². The van der Waals surface area contributed by atoms with Crippen LogP contribution in [0, 0.1) is 0 Å². The van der Waals surface area contributed by atoms with Gasteiger partial charge in [-0.15, -0.1) is 5.10 Å². The molecule has 8 heteroatoms. The molecule has 1 aromatic heterocycles. The summed E-state index contributed by atoms with van der Waals surface area (Å²) in [6.45, 7) is 0.517. The van der Waals surface area contributed by atoms with E-state index in [0.29, 0.717) is 33.1 Å². The van der Waals surface area contributed by atoms with Crippen molar-refractivity contribution in [3.05, 3.63) is 33.0 Å². The zero-order valence-corrected chi connectivity index (χ0v) is 11.1. The van der Waals surface area contributed by atoms with Crippen LogP contribution in [0.25, 0.3) is 5.69 Å². The standard InChI is InChI=1S/C9H8Cl3N5/c1-13-4-9-14-15-16-17(9)8-3-6(11)5(10)2-7(8)12/h2-3,13H,4H2,1H3. The smallest absolute Gasteiger partial charge is 0.170 e. The van der Waals surface area contributed by atoms with Crippen molar-refractivity contribution < 1.29 is 0 Å². The van der Waals surface area contributed by atoms with Gasteiger partial charge in [-0.05, 0) is 29.6 Å². The second kappa shape index (κ2) is 5.18. The van der Waals surface area contributed by atoms with Gasteiger partial charge in [-0.2, -0.15) is 4.68 Å². The van der Waals surface area contributed by atoms with E-state index in [1.807, 2.05) is 0 Å². The number of nitrogens with zero attached hydrogens (tertiary/aromatic N) is 4. The summed E-state index contributed by atoms with van der Waals surface area (Å²) in [5.41, 5.74) is 0.594. The number of hydrogen-bond acceptors (Lipinski definition) is 4. The van der Waals surface area contributed by atoms with Gasteiger partial charge in [0.1, 0.15) is 0 Å². The second-order valence-electron chi connectivity index (χ2n) is 3.25. The van der Waals surface area contributed by atoms with Crippen LogP contribution in [0.2, 0.25) is 15.1 Å². The summed E-state index contributed by atoms with van der Waals surface area (Å²) in [5.74, 6) is 0.632. The van der Waals surface area contributed by atoms with Gasteiger partial charge in [0, 0.05) is 0 Å². The minimum absolute atomic E-state index is 0.392. The topological polar surface area (TPSA) is 55.6 Å². The molecule has 0 spiro atoms. The van der Waals surface area contributed by atoms with Crippen molar-refractivity contribution in [1.82, 2.24) is 25.5 Å². The Morgan fingerprint density at radius 2 is 1.88 bits per heavy atom. The molecule has 1 N–H and O–H groups in total. The van der Waals surface area contributed by atoms with E-state index in [2.05, 4.69) is 20.8 Å². The summed E-state index contributed by atoms with van der Waals surface area (Å²) in [6, 6.07) is 3.19. The fourth-order valence-electron chi connectivity index (χ4n) is 1.34. The van der Waals surface area contributed by atoms with Crippen molar-refractivity contribution in [2.45, 2.75) is 6.54 Å². The fourth-order valence-corrected chi connectivity index (χ4v) is 1.96. The predicted molar refractivity (Wildman–Crippen MR) is 66.9 cm³/mol. The molecule has 0 aliphatic carbocycles. The Labute approximate surface area is 113 Å². The summed E-state index contributed by atoms with van der Waals surface area (Å²) >= 11 is 17.9. The Balaban J connectivity index is 2.52. The lowest BCUT2D eigenvalue weighted by atomic mass is 10.3. The van der Waals surface area contributed by atoms with Crippen molar-refractivity contribution in [2.75, 3.05) is 7.05 Å². The third-order valence-corrected chi connectivity index (χ3v) is 3.11. The lowest BCUT2D eigenvalue weighted by Crippen LogP contribution is -2.12. The number of benzene rings is 1. The van der Waals surface area contributed by atoms with E-state index in [0.717, 1.165) is 0 Å². The van der Waals surface area contributed by atoms with Gasteiger partial charge >= 0.3 is 0 Å². The average Bonchev–Trinajstić information content (AvgIpc) is 2.72. The first-order valence-corrected chi connectivity index (χ1v) is 5.83. The van der Waals surface area contributed by atoms with Crippen LogP contribution < -0.4 is 5.32 Å². The highest BCUT2D eigenvalue weighted by molar-refractivity contribution is 6.43. The largest absolute Gasteiger partial charge is 0.313 e. The monoisotopic (exact) mass is 291 g/mol. The van der Waals surface area contributed by atoms with E-state index in [-0.39, 0.29) is 0 Å². The summed E-state index contributed by atoms with van der Waals surface area (Å²) in [4.78, 5) is 0. The highest BCUT2D eigenvalue weighted by Gasteiger charge is 2.13. The first kappa shape index (κ1) is 12.6. The van der Waals surface area contributed by atoms with E-state index < -0.39 is 0 Å². The second-order valence-corrected chi connectivity index (χ2v) is 4.48. The highest BCUT2D eigenvalue weighted by atomic mass is 35.5. The van der Waals surface area contributed by atoms with Gasteiger partial charge in [-0.1, -0.05) is 34.8 Å². The minimum Gasteiger partial charge on any atom is -0.313 e. The molecular formula is C9H8Cl3N5. The number of nitrogens with one attached hydrogen (secondary N) is 1. The van der Waals surface area contributed by atoms with Crippen LogP contribution in [0.5, 0.6) is 0 Å². The Hall–Kier alpha value is -0.880. The Bertz CT molecular complexity index is 539. The molecule has 0 radical (unpaired) electrons. The van der Waals surface area contributed by atoms with Crippen LogP contribution in [0.4, 0.5) is 0 Å². The molecule has 0 saturated carbocycles.